The lowest BCUT2D eigenvalue weighted by molar-refractivity contribution is -0.907. The fraction of sp³-hybridized carbons (Fsp3) is 0.762. The molecule has 7 nitrogen and oxygen atoms in total. The predicted molar refractivity (Wildman–Crippen MR) is 108 cm³/mol. The second-order valence-corrected chi connectivity index (χ2v) is 7.60. The highest BCUT2D eigenvalue weighted by Crippen LogP contribution is 2.12. The monoisotopic (exact) mass is 400 g/mol. The van der Waals surface area contributed by atoms with Crippen molar-refractivity contribution in [1.82, 2.24) is 0 Å². The second kappa shape index (κ2) is 16.1. The topological polar surface area (TPSA) is 112 Å². The third-order valence-corrected chi connectivity index (χ3v) is 4.81. The van der Waals surface area contributed by atoms with Gasteiger partial charge in [-0.2, -0.15) is 0 Å². The summed E-state index contributed by atoms with van der Waals surface area (Å²) in [6.07, 6.45) is 16.6. The number of allylic oxidation sites excluding steroid dienone is 2. The summed E-state index contributed by atoms with van der Waals surface area (Å²) in [5, 5.41) is 27.2. The molecule has 0 aromatic rings. The highest BCUT2D eigenvalue weighted by atomic mass is 16.4. The highest BCUT2D eigenvalue weighted by molar-refractivity contribution is 5.73. The van der Waals surface area contributed by atoms with E-state index in [1.807, 2.05) is 6.08 Å². The molecule has 0 aromatic carbocycles. The minimum atomic E-state index is -1.19. The molecule has 162 valence electrons. The van der Waals surface area contributed by atoms with Crippen LogP contribution in [0.5, 0.6) is 0 Å². The minimum absolute atomic E-state index is 0.215. The fourth-order valence-electron chi connectivity index (χ4n) is 3.44. The summed E-state index contributed by atoms with van der Waals surface area (Å²) in [6.45, 7) is 0.935. The summed E-state index contributed by atoms with van der Waals surface area (Å²) < 4.78 is -0.466. The van der Waals surface area contributed by atoms with Crippen molar-refractivity contribution in [2.75, 3.05) is 26.2 Å². The Morgan fingerprint density at radius 2 is 1.04 bits per heavy atom. The van der Waals surface area contributed by atoms with Crippen LogP contribution in [0.2, 0.25) is 0 Å². The summed E-state index contributed by atoms with van der Waals surface area (Å²) >= 11 is 0. The van der Waals surface area contributed by atoms with Gasteiger partial charge in [-0.1, -0.05) is 64.0 Å². The van der Waals surface area contributed by atoms with Crippen molar-refractivity contribution in [3.8, 4) is 0 Å². The van der Waals surface area contributed by atoms with Crippen LogP contribution >= 0.6 is 0 Å². The van der Waals surface area contributed by atoms with Gasteiger partial charge in [0.05, 0.1) is 6.54 Å². The molecule has 28 heavy (non-hydrogen) atoms. The normalized spacial score (nSPS) is 11.8. The van der Waals surface area contributed by atoms with Crippen LogP contribution in [0.3, 0.4) is 0 Å². The number of nitrogens with zero attached hydrogens (tertiary/aromatic N) is 1. The van der Waals surface area contributed by atoms with Crippen molar-refractivity contribution in [3.05, 3.63) is 12.2 Å². The first-order chi connectivity index (χ1) is 13.3. The van der Waals surface area contributed by atoms with E-state index in [1.54, 1.807) is 0 Å². The number of quaternary nitrogens is 1. The van der Waals surface area contributed by atoms with Crippen LogP contribution in [0.4, 0.5) is 0 Å². The van der Waals surface area contributed by atoms with Crippen molar-refractivity contribution < 1.29 is 34.2 Å². The van der Waals surface area contributed by atoms with Gasteiger partial charge in [0, 0.05) is 6.42 Å². The van der Waals surface area contributed by atoms with Crippen molar-refractivity contribution in [1.29, 1.82) is 0 Å². The average Bonchev–Trinajstić information content (AvgIpc) is 2.57. The molecule has 0 aromatic heterocycles. The second-order valence-electron chi connectivity index (χ2n) is 7.60. The summed E-state index contributed by atoms with van der Waals surface area (Å²) in [4.78, 5) is 33.3. The maximum atomic E-state index is 11.1. The highest BCUT2D eigenvalue weighted by Gasteiger charge is 2.35. The molecule has 0 saturated carbocycles. The Balaban J connectivity index is 4.14. The van der Waals surface area contributed by atoms with Crippen LogP contribution in [-0.2, 0) is 14.4 Å². The van der Waals surface area contributed by atoms with Crippen molar-refractivity contribution in [3.63, 3.8) is 0 Å². The lowest BCUT2D eigenvalue weighted by Crippen LogP contribution is -2.57. The zero-order valence-electron chi connectivity index (χ0n) is 17.3. The molecular weight excluding hydrogens is 362 g/mol. The van der Waals surface area contributed by atoms with E-state index in [9.17, 15) is 14.4 Å². The first kappa shape index (κ1) is 26.1. The third kappa shape index (κ3) is 15.2. The quantitative estimate of drug-likeness (QED) is 0.172. The zero-order chi connectivity index (χ0) is 21.3. The van der Waals surface area contributed by atoms with Crippen molar-refractivity contribution in [2.45, 2.75) is 77.6 Å². The van der Waals surface area contributed by atoms with Gasteiger partial charge in [-0.15, -0.1) is 0 Å². The molecule has 0 aliphatic carbocycles. The van der Waals surface area contributed by atoms with E-state index in [0.29, 0.717) is 12.8 Å². The lowest BCUT2D eigenvalue weighted by atomic mass is 10.1. The van der Waals surface area contributed by atoms with Gasteiger partial charge in [-0.3, -0.25) is 4.48 Å². The van der Waals surface area contributed by atoms with E-state index in [1.165, 1.54) is 44.9 Å². The summed E-state index contributed by atoms with van der Waals surface area (Å²) in [7, 11) is 0. The van der Waals surface area contributed by atoms with Gasteiger partial charge in [0.1, 0.15) is 0 Å². The Labute approximate surface area is 168 Å². The van der Waals surface area contributed by atoms with Gasteiger partial charge in [0.2, 0.25) is 0 Å². The first-order valence-corrected chi connectivity index (χ1v) is 10.5. The Morgan fingerprint density at radius 1 is 0.643 bits per heavy atom. The van der Waals surface area contributed by atoms with Crippen LogP contribution in [0.25, 0.3) is 0 Å². The number of carboxylic acids is 3. The number of hydrogen-bond donors (Lipinski definition) is 3. The van der Waals surface area contributed by atoms with E-state index in [-0.39, 0.29) is 6.54 Å². The average molecular weight is 401 g/mol. The van der Waals surface area contributed by atoms with Gasteiger partial charge in [0.25, 0.3) is 0 Å². The van der Waals surface area contributed by atoms with E-state index in [4.69, 9.17) is 15.3 Å². The number of hydrogen-bond acceptors (Lipinski definition) is 3. The predicted octanol–water partition coefficient (Wildman–Crippen LogP) is 3.92. The molecule has 0 unspecified atom stereocenters. The van der Waals surface area contributed by atoms with Gasteiger partial charge in [-0.25, -0.2) is 14.4 Å². The van der Waals surface area contributed by atoms with Crippen LogP contribution in [0.1, 0.15) is 77.6 Å². The van der Waals surface area contributed by atoms with Crippen molar-refractivity contribution >= 4 is 17.9 Å². The van der Waals surface area contributed by atoms with Gasteiger partial charge < -0.3 is 15.3 Å². The molecule has 0 atom stereocenters. The number of unbranched alkanes of at least 4 members (excludes halogenated alkanes) is 9. The van der Waals surface area contributed by atoms with Gasteiger partial charge in [-0.05, 0) is 19.3 Å². The van der Waals surface area contributed by atoms with Crippen LogP contribution in [-0.4, -0.2) is 63.9 Å². The van der Waals surface area contributed by atoms with Crippen LogP contribution < -0.4 is 0 Å². The largest absolute Gasteiger partial charge is 0.477 e. The smallest absolute Gasteiger partial charge is 0.359 e. The SMILES string of the molecule is CCCCCCCCCC/C=C/CCC[N+](CC(=O)O)(CC(=O)O)CC(=O)O. The van der Waals surface area contributed by atoms with E-state index >= 15 is 0 Å². The summed E-state index contributed by atoms with van der Waals surface area (Å²) in [5.74, 6) is -3.56. The summed E-state index contributed by atoms with van der Waals surface area (Å²) in [6, 6.07) is 0. The van der Waals surface area contributed by atoms with E-state index in [0.717, 1.165) is 12.8 Å². The molecule has 0 heterocycles. The first-order valence-electron chi connectivity index (χ1n) is 10.5. The zero-order valence-corrected chi connectivity index (χ0v) is 17.3. The Hall–Kier alpha value is -1.89. The molecule has 0 aliphatic heterocycles. The third-order valence-electron chi connectivity index (χ3n) is 4.81. The molecule has 3 N–H and O–H groups in total. The molecule has 0 saturated heterocycles. The number of aliphatic carboxylic acids is 3. The molecule has 7 heteroatoms. The van der Waals surface area contributed by atoms with Crippen molar-refractivity contribution in [2.24, 2.45) is 0 Å². The van der Waals surface area contributed by atoms with Gasteiger partial charge >= 0.3 is 17.9 Å². The number of rotatable bonds is 19. The van der Waals surface area contributed by atoms with E-state index in [2.05, 4.69) is 13.0 Å². The standard InChI is InChI=1S/C21H37NO6/c1-2-3-4-5-6-7-8-9-10-11-12-13-14-15-22(16-19(23)24,17-20(25)26)18-21(27)28/h11-12H,2-10,13-18H2,1H3,(H2-,23,24,25,26,27,28)/p+1/b12-11+. The maximum Gasteiger partial charge on any atom is 0.359 e. The molecule has 0 radical (unpaired) electrons. The number of carboxylic acid groups (broad SMARTS) is 3. The Morgan fingerprint density at radius 3 is 1.46 bits per heavy atom. The molecule has 0 rings (SSSR count). The number of carbonyl (C=O) groups is 3. The van der Waals surface area contributed by atoms with Crippen LogP contribution in [0, 0.1) is 0 Å². The van der Waals surface area contributed by atoms with E-state index < -0.39 is 42.0 Å². The summed E-state index contributed by atoms with van der Waals surface area (Å²) in [5.41, 5.74) is 0. The molecule has 0 spiro atoms. The minimum Gasteiger partial charge on any atom is -0.477 e. The molecule has 0 amide bonds. The van der Waals surface area contributed by atoms with Crippen LogP contribution in [0.15, 0.2) is 12.2 Å². The molecule has 0 aliphatic rings. The lowest BCUT2D eigenvalue weighted by Gasteiger charge is -2.34. The Kier molecular flexibility index (Phi) is 15.0. The Bertz CT molecular complexity index is 448. The maximum absolute atomic E-state index is 11.1. The molecule has 0 fully saturated rings. The fourth-order valence-corrected chi connectivity index (χ4v) is 3.44. The molecular formula is C21H38NO6+. The van der Waals surface area contributed by atoms with Gasteiger partial charge in [0.15, 0.2) is 19.6 Å². The molecule has 0 bridgehead atoms.